The first-order valence-corrected chi connectivity index (χ1v) is 7.46. The van der Waals surface area contributed by atoms with E-state index in [9.17, 15) is 8.42 Å². The molecule has 0 fully saturated rings. The SMILES string of the molecule is CCCCCCNCCS(=O)(=O)CCO. The molecule has 0 aromatic carbocycles. The number of unbranched alkanes of at least 4 members (excludes halogenated alkanes) is 3. The molecule has 0 aromatic heterocycles. The molecule has 0 amide bonds. The van der Waals surface area contributed by atoms with Crippen LogP contribution in [0.3, 0.4) is 0 Å². The molecule has 5 heteroatoms. The van der Waals surface area contributed by atoms with Crippen molar-refractivity contribution >= 4 is 9.84 Å². The molecule has 0 rings (SSSR count). The number of aliphatic hydroxyl groups is 1. The number of hydrogen-bond donors (Lipinski definition) is 2. The Bertz CT molecular complexity index is 227. The maximum absolute atomic E-state index is 11.2. The molecular weight excluding hydrogens is 214 g/mol. The van der Waals surface area contributed by atoms with Gasteiger partial charge in [0.15, 0.2) is 9.84 Å². The lowest BCUT2D eigenvalue weighted by Gasteiger charge is -2.04. The Morgan fingerprint density at radius 1 is 1.07 bits per heavy atom. The maximum atomic E-state index is 11.2. The Morgan fingerprint density at radius 2 is 1.80 bits per heavy atom. The molecule has 4 nitrogen and oxygen atoms in total. The van der Waals surface area contributed by atoms with Gasteiger partial charge in [0.05, 0.1) is 18.1 Å². The van der Waals surface area contributed by atoms with Crippen LogP contribution >= 0.6 is 0 Å². The lowest BCUT2D eigenvalue weighted by Crippen LogP contribution is -2.26. The molecular formula is C10H23NO3S. The van der Waals surface area contributed by atoms with Crippen molar-refractivity contribution in [1.29, 1.82) is 0 Å². The van der Waals surface area contributed by atoms with E-state index in [0.29, 0.717) is 6.54 Å². The zero-order valence-electron chi connectivity index (χ0n) is 9.54. The van der Waals surface area contributed by atoms with Gasteiger partial charge in [-0.15, -0.1) is 0 Å². The quantitative estimate of drug-likeness (QED) is 0.545. The van der Waals surface area contributed by atoms with Crippen LogP contribution in [0.15, 0.2) is 0 Å². The van der Waals surface area contributed by atoms with Gasteiger partial charge in [0.2, 0.25) is 0 Å². The normalized spacial score (nSPS) is 11.9. The van der Waals surface area contributed by atoms with Crippen molar-refractivity contribution in [3.05, 3.63) is 0 Å². The summed E-state index contributed by atoms with van der Waals surface area (Å²) in [5.41, 5.74) is 0. The maximum Gasteiger partial charge on any atom is 0.153 e. The first-order valence-electron chi connectivity index (χ1n) is 5.64. The molecule has 0 aliphatic carbocycles. The van der Waals surface area contributed by atoms with Crippen molar-refractivity contribution in [2.24, 2.45) is 0 Å². The van der Waals surface area contributed by atoms with E-state index in [1.54, 1.807) is 0 Å². The minimum Gasteiger partial charge on any atom is -0.395 e. The molecule has 0 aliphatic heterocycles. The third-order valence-electron chi connectivity index (χ3n) is 2.20. The molecule has 0 aliphatic rings. The van der Waals surface area contributed by atoms with Gasteiger partial charge in [0.25, 0.3) is 0 Å². The summed E-state index contributed by atoms with van der Waals surface area (Å²) in [6, 6.07) is 0. The van der Waals surface area contributed by atoms with Gasteiger partial charge >= 0.3 is 0 Å². The van der Waals surface area contributed by atoms with Crippen LogP contribution in [0.2, 0.25) is 0 Å². The lowest BCUT2D eigenvalue weighted by atomic mass is 10.2. The van der Waals surface area contributed by atoms with Gasteiger partial charge in [-0.1, -0.05) is 26.2 Å². The molecule has 0 aromatic rings. The fourth-order valence-corrected chi connectivity index (χ4v) is 2.21. The summed E-state index contributed by atoms with van der Waals surface area (Å²) in [5, 5.41) is 11.6. The molecule has 0 radical (unpaired) electrons. The highest BCUT2D eigenvalue weighted by atomic mass is 32.2. The van der Waals surface area contributed by atoms with Crippen LogP contribution in [-0.2, 0) is 9.84 Å². The van der Waals surface area contributed by atoms with E-state index in [4.69, 9.17) is 5.11 Å². The molecule has 92 valence electrons. The van der Waals surface area contributed by atoms with Gasteiger partial charge in [0.1, 0.15) is 0 Å². The number of nitrogens with one attached hydrogen (secondary N) is 1. The van der Waals surface area contributed by atoms with Crippen LogP contribution in [0.5, 0.6) is 0 Å². The van der Waals surface area contributed by atoms with Gasteiger partial charge in [-0.05, 0) is 13.0 Å². The minimum atomic E-state index is -3.04. The van der Waals surface area contributed by atoms with Crippen LogP contribution in [0.25, 0.3) is 0 Å². The van der Waals surface area contributed by atoms with Crippen molar-refractivity contribution in [3.8, 4) is 0 Å². The molecule has 0 saturated carbocycles. The van der Waals surface area contributed by atoms with Gasteiger partial charge in [-0.25, -0.2) is 8.42 Å². The van der Waals surface area contributed by atoms with E-state index in [-0.39, 0.29) is 18.1 Å². The highest BCUT2D eigenvalue weighted by Gasteiger charge is 2.08. The Morgan fingerprint density at radius 3 is 2.40 bits per heavy atom. The topological polar surface area (TPSA) is 66.4 Å². The number of sulfone groups is 1. The van der Waals surface area contributed by atoms with Crippen LogP contribution in [0, 0.1) is 0 Å². The molecule has 0 saturated heterocycles. The second kappa shape index (κ2) is 9.12. The van der Waals surface area contributed by atoms with E-state index in [1.165, 1.54) is 19.3 Å². The fraction of sp³-hybridized carbons (Fsp3) is 1.00. The first-order chi connectivity index (χ1) is 7.12. The number of rotatable bonds is 10. The van der Waals surface area contributed by atoms with Crippen molar-refractivity contribution < 1.29 is 13.5 Å². The largest absolute Gasteiger partial charge is 0.395 e. The first kappa shape index (κ1) is 14.9. The summed E-state index contributed by atoms with van der Waals surface area (Å²) in [6.45, 7) is 3.26. The monoisotopic (exact) mass is 237 g/mol. The van der Waals surface area contributed by atoms with E-state index in [2.05, 4.69) is 12.2 Å². The van der Waals surface area contributed by atoms with Crippen LogP contribution < -0.4 is 5.32 Å². The number of aliphatic hydroxyl groups excluding tert-OH is 1. The third kappa shape index (κ3) is 10.2. The van der Waals surface area contributed by atoms with Gasteiger partial charge < -0.3 is 10.4 Å². The minimum absolute atomic E-state index is 0.121. The van der Waals surface area contributed by atoms with Gasteiger partial charge in [-0.2, -0.15) is 0 Å². The van der Waals surface area contributed by atoms with Gasteiger partial charge in [-0.3, -0.25) is 0 Å². The van der Waals surface area contributed by atoms with E-state index in [0.717, 1.165) is 13.0 Å². The van der Waals surface area contributed by atoms with Crippen molar-refractivity contribution in [2.75, 3.05) is 31.2 Å². The molecule has 15 heavy (non-hydrogen) atoms. The molecule has 0 bridgehead atoms. The lowest BCUT2D eigenvalue weighted by molar-refractivity contribution is 0.319. The Balaban J connectivity index is 3.31. The second-order valence-electron chi connectivity index (χ2n) is 3.69. The smallest absolute Gasteiger partial charge is 0.153 e. The Kier molecular flexibility index (Phi) is 9.04. The molecule has 2 N–H and O–H groups in total. The predicted octanol–water partition coefficient (Wildman–Crippen LogP) is 0.563. The highest BCUT2D eigenvalue weighted by Crippen LogP contribution is 1.96. The second-order valence-corrected chi connectivity index (χ2v) is 5.99. The average Bonchev–Trinajstić information content (AvgIpc) is 2.16. The van der Waals surface area contributed by atoms with Crippen LogP contribution in [0.1, 0.15) is 32.6 Å². The highest BCUT2D eigenvalue weighted by molar-refractivity contribution is 7.91. The summed E-state index contributed by atoms with van der Waals surface area (Å²) in [6.07, 6.45) is 4.76. The van der Waals surface area contributed by atoms with Crippen molar-refractivity contribution in [3.63, 3.8) is 0 Å². The molecule has 0 unspecified atom stereocenters. The summed E-state index contributed by atoms with van der Waals surface area (Å²) in [4.78, 5) is 0. The number of hydrogen-bond acceptors (Lipinski definition) is 4. The van der Waals surface area contributed by atoms with Crippen LogP contribution in [-0.4, -0.2) is 44.7 Å². The zero-order chi connectivity index (χ0) is 11.6. The molecule has 0 atom stereocenters. The van der Waals surface area contributed by atoms with Crippen molar-refractivity contribution in [2.45, 2.75) is 32.6 Å². The van der Waals surface area contributed by atoms with E-state index in [1.807, 2.05) is 0 Å². The van der Waals surface area contributed by atoms with Crippen molar-refractivity contribution in [1.82, 2.24) is 5.32 Å². The third-order valence-corrected chi connectivity index (χ3v) is 3.83. The molecule has 0 spiro atoms. The molecule has 0 heterocycles. The zero-order valence-corrected chi connectivity index (χ0v) is 10.4. The summed E-state index contributed by atoms with van der Waals surface area (Å²) < 4.78 is 22.3. The summed E-state index contributed by atoms with van der Waals surface area (Å²) in [5.74, 6) is 0.00581. The van der Waals surface area contributed by atoms with Gasteiger partial charge in [0, 0.05) is 6.54 Å². The Labute approximate surface area is 93.0 Å². The predicted molar refractivity (Wildman–Crippen MR) is 62.8 cm³/mol. The van der Waals surface area contributed by atoms with Crippen LogP contribution in [0.4, 0.5) is 0 Å². The summed E-state index contributed by atoms with van der Waals surface area (Å²) >= 11 is 0. The summed E-state index contributed by atoms with van der Waals surface area (Å²) in [7, 11) is -3.04. The standard InChI is InChI=1S/C10H23NO3S/c1-2-3-4-5-6-11-7-9-15(13,14)10-8-12/h11-12H,2-10H2,1H3. The fourth-order valence-electron chi connectivity index (χ4n) is 1.27. The Hall–Kier alpha value is -0.130. The average molecular weight is 237 g/mol. The van der Waals surface area contributed by atoms with E-state index >= 15 is 0 Å². The van der Waals surface area contributed by atoms with E-state index < -0.39 is 9.84 Å².